The maximum atomic E-state index is 11.0. The number of carbonyl (C=O) groups excluding carboxylic acids is 1. The van der Waals surface area contributed by atoms with Gasteiger partial charge in [0.25, 0.3) is 0 Å². The first-order chi connectivity index (χ1) is 7.76. The minimum Gasteiger partial charge on any atom is -0.466 e. The first-order valence-corrected chi connectivity index (χ1v) is 5.15. The number of ether oxygens (including phenoxy) is 1. The first-order valence-electron chi connectivity index (χ1n) is 5.15. The van der Waals surface area contributed by atoms with E-state index in [0.717, 1.165) is 0 Å². The second-order valence-electron chi connectivity index (χ2n) is 3.02. The normalized spacial score (nSPS) is 9.62. The van der Waals surface area contributed by atoms with Gasteiger partial charge in [0.1, 0.15) is 11.6 Å². The second kappa shape index (κ2) is 6.60. The number of esters is 1. The molecular formula is C10H16N4O2. The number of rotatable bonds is 6. The van der Waals surface area contributed by atoms with Crippen molar-refractivity contribution in [1.29, 1.82) is 0 Å². The highest BCUT2D eigenvalue weighted by molar-refractivity contribution is 5.69. The van der Waals surface area contributed by atoms with Gasteiger partial charge >= 0.3 is 5.97 Å². The fourth-order valence-corrected chi connectivity index (χ4v) is 1.10. The van der Waals surface area contributed by atoms with Gasteiger partial charge in [-0.3, -0.25) is 9.78 Å². The average Bonchev–Trinajstić information content (AvgIpc) is 2.30. The van der Waals surface area contributed by atoms with E-state index in [0.29, 0.717) is 31.2 Å². The summed E-state index contributed by atoms with van der Waals surface area (Å²) in [5, 5.41) is 5.88. The predicted molar refractivity (Wildman–Crippen MR) is 61.3 cm³/mol. The van der Waals surface area contributed by atoms with E-state index in [-0.39, 0.29) is 5.97 Å². The van der Waals surface area contributed by atoms with Crippen LogP contribution in [0.15, 0.2) is 12.4 Å². The molecule has 1 aromatic heterocycles. The van der Waals surface area contributed by atoms with E-state index in [1.54, 1.807) is 26.4 Å². The van der Waals surface area contributed by atoms with Gasteiger partial charge in [-0.1, -0.05) is 0 Å². The highest BCUT2D eigenvalue weighted by Crippen LogP contribution is 2.05. The summed E-state index contributed by atoms with van der Waals surface area (Å²) < 4.78 is 4.80. The van der Waals surface area contributed by atoms with Crippen molar-refractivity contribution in [1.82, 2.24) is 9.97 Å². The summed E-state index contributed by atoms with van der Waals surface area (Å²) >= 11 is 0. The van der Waals surface area contributed by atoms with Crippen molar-refractivity contribution in [3.63, 3.8) is 0 Å². The number of carbonyl (C=O) groups is 1. The monoisotopic (exact) mass is 224 g/mol. The third kappa shape index (κ3) is 4.12. The average molecular weight is 224 g/mol. The molecule has 1 rings (SSSR count). The van der Waals surface area contributed by atoms with Crippen molar-refractivity contribution < 1.29 is 9.53 Å². The summed E-state index contributed by atoms with van der Waals surface area (Å²) in [4.78, 5) is 19.2. The minimum atomic E-state index is -0.215. The quantitative estimate of drug-likeness (QED) is 0.699. The van der Waals surface area contributed by atoms with Gasteiger partial charge < -0.3 is 15.4 Å². The third-order valence-electron chi connectivity index (χ3n) is 1.83. The molecule has 0 spiro atoms. The number of hydrogen-bond donors (Lipinski definition) is 2. The summed E-state index contributed by atoms with van der Waals surface area (Å²) in [7, 11) is 1.77. The number of aromatic nitrogens is 2. The van der Waals surface area contributed by atoms with E-state index in [1.807, 2.05) is 0 Å². The predicted octanol–water partition coefficient (Wildman–Crippen LogP) is 0.883. The molecule has 0 saturated heterocycles. The summed E-state index contributed by atoms with van der Waals surface area (Å²) in [5.74, 6) is 1.10. The molecule has 6 nitrogen and oxygen atoms in total. The van der Waals surface area contributed by atoms with E-state index in [4.69, 9.17) is 4.74 Å². The summed E-state index contributed by atoms with van der Waals surface area (Å²) in [6.45, 7) is 2.68. The highest BCUT2D eigenvalue weighted by Gasteiger charge is 2.01. The number of nitrogens with one attached hydrogen (secondary N) is 2. The van der Waals surface area contributed by atoms with Crippen LogP contribution in [0.2, 0.25) is 0 Å². The third-order valence-corrected chi connectivity index (χ3v) is 1.83. The van der Waals surface area contributed by atoms with E-state index < -0.39 is 0 Å². The molecule has 0 saturated carbocycles. The summed E-state index contributed by atoms with van der Waals surface area (Å²) in [6, 6.07) is 0. The second-order valence-corrected chi connectivity index (χ2v) is 3.02. The topological polar surface area (TPSA) is 76.1 Å². The van der Waals surface area contributed by atoms with Crippen molar-refractivity contribution in [2.75, 3.05) is 30.8 Å². The molecule has 0 radical (unpaired) electrons. The van der Waals surface area contributed by atoms with Crippen molar-refractivity contribution in [3.05, 3.63) is 12.4 Å². The van der Waals surface area contributed by atoms with Crippen LogP contribution in [0.5, 0.6) is 0 Å². The summed E-state index contributed by atoms with van der Waals surface area (Å²) in [6.07, 6.45) is 3.54. The van der Waals surface area contributed by atoms with Gasteiger partial charge in [0, 0.05) is 13.6 Å². The van der Waals surface area contributed by atoms with E-state index in [1.165, 1.54) is 0 Å². The number of nitrogens with zero attached hydrogens (tertiary/aromatic N) is 2. The van der Waals surface area contributed by atoms with Crippen molar-refractivity contribution in [2.24, 2.45) is 0 Å². The Labute approximate surface area is 94.4 Å². The van der Waals surface area contributed by atoms with Crippen LogP contribution in [-0.2, 0) is 9.53 Å². The lowest BCUT2D eigenvalue weighted by atomic mass is 10.4. The van der Waals surface area contributed by atoms with Gasteiger partial charge in [0.05, 0.1) is 25.4 Å². The zero-order chi connectivity index (χ0) is 11.8. The van der Waals surface area contributed by atoms with Crippen LogP contribution in [-0.4, -0.2) is 36.1 Å². The van der Waals surface area contributed by atoms with Crippen molar-refractivity contribution >= 4 is 17.6 Å². The van der Waals surface area contributed by atoms with Gasteiger partial charge in [0.15, 0.2) is 0 Å². The van der Waals surface area contributed by atoms with Crippen LogP contribution in [0.25, 0.3) is 0 Å². The molecule has 1 heterocycles. The summed E-state index contributed by atoms with van der Waals surface area (Å²) in [5.41, 5.74) is 0. The zero-order valence-corrected chi connectivity index (χ0v) is 9.49. The molecule has 0 atom stereocenters. The Morgan fingerprint density at radius 3 is 2.88 bits per heavy atom. The molecule has 88 valence electrons. The maximum Gasteiger partial charge on any atom is 0.307 e. The van der Waals surface area contributed by atoms with Gasteiger partial charge in [-0.05, 0) is 6.92 Å². The standard InChI is InChI=1S/C10H16N4O2/c1-3-16-10(15)4-5-13-9-7-12-6-8(11-2)14-9/h6-7H,3-5H2,1-2H3,(H2,11,13,14). The SMILES string of the molecule is CCOC(=O)CCNc1cncc(NC)n1. The Kier molecular flexibility index (Phi) is 5.04. The Morgan fingerprint density at radius 1 is 1.44 bits per heavy atom. The fraction of sp³-hybridized carbons (Fsp3) is 0.500. The molecule has 16 heavy (non-hydrogen) atoms. The molecule has 0 aromatic carbocycles. The lowest BCUT2D eigenvalue weighted by Crippen LogP contribution is -2.12. The lowest BCUT2D eigenvalue weighted by Gasteiger charge is -2.06. The van der Waals surface area contributed by atoms with Crippen LogP contribution in [0.4, 0.5) is 11.6 Å². The van der Waals surface area contributed by atoms with E-state index in [2.05, 4.69) is 20.6 Å². The van der Waals surface area contributed by atoms with Gasteiger partial charge in [-0.25, -0.2) is 4.98 Å². The fourth-order valence-electron chi connectivity index (χ4n) is 1.10. The van der Waals surface area contributed by atoms with Crippen molar-refractivity contribution in [2.45, 2.75) is 13.3 Å². The number of hydrogen-bond acceptors (Lipinski definition) is 6. The van der Waals surface area contributed by atoms with Gasteiger partial charge in [-0.15, -0.1) is 0 Å². The smallest absolute Gasteiger partial charge is 0.307 e. The number of anilines is 2. The Morgan fingerprint density at radius 2 is 2.19 bits per heavy atom. The zero-order valence-electron chi connectivity index (χ0n) is 9.49. The molecule has 0 amide bonds. The molecule has 0 aliphatic heterocycles. The molecular weight excluding hydrogens is 208 g/mol. The lowest BCUT2D eigenvalue weighted by molar-refractivity contribution is -0.142. The highest BCUT2D eigenvalue weighted by atomic mass is 16.5. The van der Waals surface area contributed by atoms with Crippen LogP contribution >= 0.6 is 0 Å². The van der Waals surface area contributed by atoms with E-state index in [9.17, 15) is 4.79 Å². The van der Waals surface area contributed by atoms with Crippen LogP contribution in [0.1, 0.15) is 13.3 Å². The van der Waals surface area contributed by atoms with Crippen LogP contribution in [0, 0.1) is 0 Å². The molecule has 0 aliphatic carbocycles. The molecule has 0 bridgehead atoms. The molecule has 0 aliphatic rings. The Hall–Kier alpha value is -1.85. The largest absolute Gasteiger partial charge is 0.466 e. The first kappa shape index (κ1) is 12.2. The van der Waals surface area contributed by atoms with E-state index >= 15 is 0 Å². The molecule has 1 aromatic rings. The van der Waals surface area contributed by atoms with Gasteiger partial charge in [-0.2, -0.15) is 0 Å². The van der Waals surface area contributed by atoms with Crippen molar-refractivity contribution in [3.8, 4) is 0 Å². The van der Waals surface area contributed by atoms with Gasteiger partial charge in [0.2, 0.25) is 0 Å². The maximum absolute atomic E-state index is 11.0. The van der Waals surface area contributed by atoms with Crippen LogP contribution < -0.4 is 10.6 Å². The minimum absolute atomic E-state index is 0.215. The Bertz CT molecular complexity index is 343. The molecule has 2 N–H and O–H groups in total. The Balaban J connectivity index is 2.34. The molecule has 6 heteroatoms. The molecule has 0 unspecified atom stereocenters. The van der Waals surface area contributed by atoms with Crippen LogP contribution in [0.3, 0.4) is 0 Å². The molecule has 0 fully saturated rings.